The average molecular weight is 660 g/mol. The van der Waals surface area contributed by atoms with Crippen LogP contribution in [0.5, 0.6) is 11.5 Å². The van der Waals surface area contributed by atoms with Crippen LogP contribution in [0, 0.1) is 16.3 Å². The van der Waals surface area contributed by atoms with E-state index >= 15 is 0 Å². The first-order valence-corrected chi connectivity index (χ1v) is 14.2. The van der Waals surface area contributed by atoms with E-state index in [0.717, 1.165) is 14.7 Å². The summed E-state index contributed by atoms with van der Waals surface area (Å²) in [6.45, 7) is 6.37. The molecule has 0 unspecified atom stereocenters. The number of halogens is 2. The van der Waals surface area contributed by atoms with E-state index in [4.69, 9.17) is 9.47 Å². The Balaban J connectivity index is 1.53. The maximum atomic E-state index is 13.3. The van der Waals surface area contributed by atoms with E-state index in [1.54, 1.807) is 29.2 Å². The Morgan fingerprint density at radius 3 is 2.49 bits per heavy atom. The molecule has 4 rings (SSSR count). The van der Waals surface area contributed by atoms with Crippen LogP contribution in [0.3, 0.4) is 0 Å². The first kappa shape index (κ1) is 28.6. The molecule has 1 heterocycles. The molecule has 0 aliphatic carbocycles. The number of benzene rings is 3. The molecular formula is C29H27FIN3O4S. The topological polar surface area (TPSA) is 80.2 Å². The molecular weight excluding hydrogens is 632 g/mol. The molecule has 3 aromatic rings. The number of nitrogens with one attached hydrogen (secondary N) is 1. The molecule has 1 aliphatic rings. The Kier molecular flexibility index (Phi) is 9.63. The molecule has 39 heavy (non-hydrogen) atoms. The summed E-state index contributed by atoms with van der Waals surface area (Å²) in [7, 11) is 0. The summed E-state index contributed by atoms with van der Waals surface area (Å²) in [4.78, 5) is 32.2. The number of carbonyl (C=O) groups is 2. The number of hydrogen-bond acceptors (Lipinski definition) is 6. The number of anilines is 1. The highest BCUT2D eigenvalue weighted by Crippen LogP contribution is 2.38. The number of amides is 2. The van der Waals surface area contributed by atoms with Crippen LogP contribution < -0.4 is 14.8 Å². The number of nitrogens with zero attached hydrogens (tertiary/aromatic N) is 2. The molecule has 0 aromatic heterocycles. The van der Waals surface area contributed by atoms with Crippen molar-refractivity contribution in [2.75, 3.05) is 25.1 Å². The van der Waals surface area contributed by atoms with Crippen LogP contribution in [-0.2, 0) is 9.59 Å². The number of hydrogen-bond donors (Lipinski definition) is 1. The molecule has 1 N–H and O–H groups in total. The van der Waals surface area contributed by atoms with Crippen LogP contribution in [0.1, 0.15) is 25.0 Å². The number of carbonyl (C=O) groups excluding carboxylic acids is 2. The van der Waals surface area contributed by atoms with Gasteiger partial charge in [0.25, 0.3) is 11.8 Å². The number of aryl methyl sites for hydroxylation is 1. The molecule has 1 saturated heterocycles. The Hall–Kier alpha value is -3.38. The van der Waals surface area contributed by atoms with Gasteiger partial charge in [0.15, 0.2) is 23.3 Å². The number of thioether (sulfide) groups is 1. The third kappa shape index (κ3) is 7.39. The number of rotatable bonds is 9. The van der Waals surface area contributed by atoms with Crippen molar-refractivity contribution in [2.45, 2.75) is 20.8 Å². The van der Waals surface area contributed by atoms with Crippen molar-refractivity contribution in [3.05, 3.63) is 86.1 Å². The Morgan fingerprint density at radius 2 is 1.82 bits per heavy atom. The number of ether oxygens (including phenoxy) is 2. The highest BCUT2D eigenvalue weighted by atomic mass is 127. The van der Waals surface area contributed by atoms with Crippen molar-refractivity contribution >= 4 is 68.8 Å². The van der Waals surface area contributed by atoms with Crippen molar-refractivity contribution in [1.29, 1.82) is 0 Å². The smallest absolute Gasteiger partial charge is 0.266 e. The van der Waals surface area contributed by atoms with Gasteiger partial charge in [0.05, 0.1) is 20.8 Å². The zero-order valence-corrected chi connectivity index (χ0v) is 24.6. The van der Waals surface area contributed by atoms with Crippen molar-refractivity contribution in [3.63, 3.8) is 0 Å². The first-order valence-electron chi connectivity index (χ1n) is 12.3. The monoisotopic (exact) mass is 659 g/mol. The van der Waals surface area contributed by atoms with Gasteiger partial charge in [-0.15, -0.1) is 0 Å². The third-order valence-electron chi connectivity index (χ3n) is 5.57. The van der Waals surface area contributed by atoms with Crippen LogP contribution >= 0.6 is 34.4 Å². The number of aliphatic imine (C=N–C) groups is 1. The van der Waals surface area contributed by atoms with Gasteiger partial charge in [0.2, 0.25) is 0 Å². The lowest BCUT2D eigenvalue weighted by Gasteiger charge is -2.15. The molecule has 1 fully saturated rings. The largest absolute Gasteiger partial charge is 0.490 e. The highest BCUT2D eigenvalue weighted by Gasteiger charge is 2.32. The van der Waals surface area contributed by atoms with Gasteiger partial charge in [-0.3, -0.25) is 14.5 Å². The summed E-state index contributed by atoms with van der Waals surface area (Å²) in [6, 6.07) is 17.0. The summed E-state index contributed by atoms with van der Waals surface area (Å²) in [5.41, 5.74) is 3.10. The molecule has 0 radical (unpaired) electrons. The normalized spacial score (nSPS) is 15.2. The van der Waals surface area contributed by atoms with Gasteiger partial charge in [-0.05, 0) is 115 Å². The van der Waals surface area contributed by atoms with Gasteiger partial charge in [-0.25, -0.2) is 9.38 Å². The minimum atomic E-state index is -0.346. The third-order valence-corrected chi connectivity index (χ3v) is 7.38. The van der Waals surface area contributed by atoms with Crippen LogP contribution in [0.25, 0.3) is 6.08 Å². The van der Waals surface area contributed by atoms with E-state index in [9.17, 15) is 14.0 Å². The SMILES string of the molecule is CCOc1cc(/C=C2/SC(=Nc3ccc(F)cc3)N(CC)C2=O)cc(I)c1OCC(=O)Nc1ccc(C)cc1. The van der Waals surface area contributed by atoms with E-state index in [2.05, 4.69) is 32.9 Å². The molecule has 0 bridgehead atoms. The summed E-state index contributed by atoms with van der Waals surface area (Å²) < 4.78 is 25.7. The zero-order chi connectivity index (χ0) is 27.9. The second kappa shape index (κ2) is 13.1. The molecule has 0 spiro atoms. The first-order chi connectivity index (χ1) is 18.8. The van der Waals surface area contributed by atoms with Crippen molar-refractivity contribution in [2.24, 2.45) is 4.99 Å². The second-order valence-electron chi connectivity index (χ2n) is 8.50. The Labute approximate surface area is 244 Å². The zero-order valence-electron chi connectivity index (χ0n) is 21.7. The van der Waals surface area contributed by atoms with E-state index in [1.807, 2.05) is 51.1 Å². The van der Waals surface area contributed by atoms with E-state index in [1.165, 1.54) is 23.9 Å². The molecule has 7 nitrogen and oxygen atoms in total. The van der Waals surface area contributed by atoms with Crippen molar-refractivity contribution < 1.29 is 23.5 Å². The summed E-state index contributed by atoms with van der Waals surface area (Å²) in [5, 5.41) is 3.34. The molecule has 3 aromatic carbocycles. The molecule has 0 atom stereocenters. The maximum Gasteiger partial charge on any atom is 0.266 e. The lowest BCUT2D eigenvalue weighted by Crippen LogP contribution is -2.28. The van der Waals surface area contributed by atoms with Crippen LogP contribution in [-0.4, -0.2) is 41.6 Å². The quantitative estimate of drug-likeness (QED) is 0.203. The van der Waals surface area contributed by atoms with Crippen molar-refractivity contribution in [1.82, 2.24) is 4.90 Å². The lowest BCUT2D eigenvalue weighted by atomic mass is 10.2. The predicted octanol–water partition coefficient (Wildman–Crippen LogP) is 6.78. The van der Waals surface area contributed by atoms with Crippen LogP contribution in [0.2, 0.25) is 0 Å². The average Bonchev–Trinajstić information content (AvgIpc) is 3.19. The summed E-state index contributed by atoms with van der Waals surface area (Å²) in [5.74, 6) is 0.134. The highest BCUT2D eigenvalue weighted by molar-refractivity contribution is 14.1. The van der Waals surface area contributed by atoms with E-state index in [-0.39, 0.29) is 24.2 Å². The van der Waals surface area contributed by atoms with Gasteiger partial charge in [0.1, 0.15) is 5.82 Å². The van der Waals surface area contributed by atoms with Crippen LogP contribution in [0.15, 0.2) is 70.6 Å². The minimum Gasteiger partial charge on any atom is -0.490 e. The lowest BCUT2D eigenvalue weighted by molar-refractivity contribution is -0.122. The Morgan fingerprint density at radius 1 is 1.10 bits per heavy atom. The molecule has 10 heteroatoms. The molecule has 2 amide bonds. The Bertz CT molecular complexity index is 1430. The summed E-state index contributed by atoms with van der Waals surface area (Å²) >= 11 is 3.38. The maximum absolute atomic E-state index is 13.3. The minimum absolute atomic E-state index is 0.163. The molecule has 202 valence electrons. The fraction of sp³-hybridized carbons (Fsp3) is 0.207. The summed E-state index contributed by atoms with van der Waals surface area (Å²) in [6.07, 6.45) is 1.78. The van der Waals surface area contributed by atoms with E-state index < -0.39 is 0 Å². The fourth-order valence-electron chi connectivity index (χ4n) is 3.69. The van der Waals surface area contributed by atoms with Crippen LogP contribution in [0.4, 0.5) is 15.8 Å². The van der Waals surface area contributed by atoms with Gasteiger partial charge >= 0.3 is 0 Å². The van der Waals surface area contributed by atoms with Gasteiger partial charge in [-0.1, -0.05) is 17.7 Å². The number of amidine groups is 1. The predicted molar refractivity (Wildman–Crippen MR) is 162 cm³/mol. The second-order valence-corrected chi connectivity index (χ2v) is 10.7. The molecule has 1 aliphatic heterocycles. The van der Waals surface area contributed by atoms with Gasteiger partial charge in [0, 0.05) is 12.2 Å². The van der Waals surface area contributed by atoms with Crippen molar-refractivity contribution in [3.8, 4) is 11.5 Å². The number of likely N-dealkylation sites (N-methyl/N-ethyl adjacent to an activating group) is 1. The molecule has 0 saturated carbocycles. The standard InChI is InChI=1S/C29H27FIN3O4S/c1-4-34-28(36)25(39-29(34)33-22-12-8-20(30)9-13-22)16-19-14-23(31)27(24(15-19)37-5-2)38-17-26(35)32-21-10-6-18(3)7-11-21/h6-16H,4-5,17H2,1-3H3,(H,32,35)/b25-16+,33-29?. The van der Waals surface area contributed by atoms with Gasteiger partial charge in [-0.2, -0.15) is 0 Å². The van der Waals surface area contributed by atoms with E-state index in [0.29, 0.717) is 46.1 Å². The fourth-order valence-corrected chi connectivity index (χ4v) is 5.54. The van der Waals surface area contributed by atoms with Gasteiger partial charge < -0.3 is 14.8 Å².